The van der Waals surface area contributed by atoms with Crippen molar-refractivity contribution in [1.82, 2.24) is 16.0 Å². The van der Waals surface area contributed by atoms with Gasteiger partial charge in [-0.25, -0.2) is 14.4 Å². The fourth-order valence-electron chi connectivity index (χ4n) is 8.54. The van der Waals surface area contributed by atoms with Crippen molar-refractivity contribution in [1.29, 1.82) is 0 Å². The molecule has 5 amide bonds. The van der Waals surface area contributed by atoms with E-state index in [1.807, 2.05) is 25.1 Å². The first-order valence-corrected chi connectivity index (χ1v) is 26.0. The number of hydrogen-bond acceptors (Lipinski definition) is 14. The summed E-state index contributed by atoms with van der Waals surface area (Å²) in [6.45, 7) is 6.59. The van der Waals surface area contributed by atoms with Crippen LogP contribution in [-0.4, -0.2) is 124 Å². The number of alkyl carbamates (subject to hydrolysis) is 2. The fourth-order valence-corrected chi connectivity index (χ4v) is 8.54. The summed E-state index contributed by atoms with van der Waals surface area (Å²) >= 11 is 0. The number of ketones is 1. The number of ether oxygens (including phenoxy) is 4. The Morgan fingerprint density at radius 2 is 1.28 bits per heavy atom. The summed E-state index contributed by atoms with van der Waals surface area (Å²) in [5.41, 5.74) is 6.93. The Balaban J connectivity index is 1.59. The summed E-state index contributed by atoms with van der Waals surface area (Å²) in [7, 11) is 0. The molecule has 2 unspecified atom stereocenters. The second kappa shape index (κ2) is 34.5. The summed E-state index contributed by atoms with van der Waals surface area (Å²) in [4.78, 5) is 64.6. The molecule has 0 aromatic heterocycles. The summed E-state index contributed by atoms with van der Waals surface area (Å²) in [5, 5.41) is 62.9. The van der Waals surface area contributed by atoms with Crippen molar-refractivity contribution >= 4 is 35.6 Å². The van der Waals surface area contributed by atoms with Gasteiger partial charge in [-0.05, 0) is 54.4 Å². The number of hydrogen-bond donors (Lipinski definition) is 10. The van der Waals surface area contributed by atoms with E-state index in [1.165, 1.54) is 51.4 Å². The van der Waals surface area contributed by atoms with Crippen molar-refractivity contribution < 1.29 is 68.5 Å². The van der Waals surface area contributed by atoms with Crippen molar-refractivity contribution in [2.24, 2.45) is 23.5 Å². The quantitative estimate of drug-likeness (QED) is 0.0349. The van der Waals surface area contributed by atoms with E-state index < -0.39 is 85.5 Å². The number of anilines is 1. The molecule has 1 fully saturated rings. The molecule has 3 rings (SSSR count). The molecule has 11 N–H and O–H groups in total. The maximum Gasteiger partial charge on any atom is 0.408 e. The number of primary amides is 1. The van der Waals surface area contributed by atoms with E-state index in [9.17, 15) is 49.5 Å². The highest BCUT2D eigenvalue weighted by molar-refractivity contribution is 5.97. The molecule has 2 aromatic rings. The number of aliphatic hydroxyl groups excluding tert-OH is 5. The van der Waals surface area contributed by atoms with Crippen LogP contribution in [-0.2, 0) is 41.8 Å². The fraction of sp³-hybridized carbons (Fsp3) is 0.679. The Bertz CT molecular complexity index is 1860. The van der Waals surface area contributed by atoms with E-state index in [2.05, 4.69) is 28.2 Å². The highest BCUT2D eigenvalue weighted by Gasteiger charge is 2.44. The van der Waals surface area contributed by atoms with Crippen LogP contribution in [0.2, 0.25) is 0 Å². The van der Waals surface area contributed by atoms with E-state index in [1.54, 1.807) is 50.2 Å². The predicted molar refractivity (Wildman–Crippen MR) is 271 cm³/mol. The minimum atomic E-state index is -1.68. The molecule has 1 aliphatic rings. The van der Waals surface area contributed by atoms with Gasteiger partial charge in [-0.2, -0.15) is 0 Å². The van der Waals surface area contributed by atoms with E-state index in [0.29, 0.717) is 24.1 Å². The van der Waals surface area contributed by atoms with Crippen LogP contribution >= 0.6 is 0 Å². The van der Waals surface area contributed by atoms with Crippen LogP contribution in [0.25, 0.3) is 0 Å². The molecule has 0 aliphatic carbocycles. The van der Waals surface area contributed by atoms with Gasteiger partial charge >= 0.3 is 18.2 Å². The van der Waals surface area contributed by atoms with Gasteiger partial charge in [0.25, 0.3) is 0 Å². The van der Waals surface area contributed by atoms with Crippen molar-refractivity contribution in [2.75, 3.05) is 25.1 Å². The third-order valence-electron chi connectivity index (χ3n) is 13.0. The Morgan fingerprint density at radius 3 is 1.85 bits per heavy atom. The standard InChI is InChI=1S/C53H85N5O14/c1-5-6-7-8-9-10-11-12-13-14-15-17-21-36(4)45(61)41(34-69-50-48(64)47(63)46(62)43(31-59)72-50)57-52(67)70-33-38-25-27-40(28-26-38)56-49(65)39(24-20-29-55-51(54)66)30-42(60)44(35(2)3)58-53(68)71-32-37-22-18-16-19-23-37/h16,18-19,22-23,25-28,35-36,39,41,43-48,50,59,61-64H,5-15,17,20-21,24,29-34H2,1-4H3,(H,56,65)(H,57,67)(H,58,68)(H3,54,55,66)/t36-,39-,41+,43?,44+,45-,46+,47+,48?,50+/m1/s1. The second-order valence-electron chi connectivity index (χ2n) is 19.4. The van der Waals surface area contributed by atoms with Crippen LogP contribution < -0.4 is 27.0 Å². The smallest absolute Gasteiger partial charge is 0.408 e. The molecule has 1 aliphatic heterocycles. The van der Waals surface area contributed by atoms with Gasteiger partial charge in [0.05, 0.1) is 31.4 Å². The number of nitrogens with two attached hydrogens (primary N) is 1. The molecule has 0 radical (unpaired) electrons. The number of carbonyl (C=O) groups is 5. The minimum absolute atomic E-state index is 0.0117. The third kappa shape index (κ3) is 23.3. The van der Waals surface area contributed by atoms with Crippen LogP contribution in [0.15, 0.2) is 54.6 Å². The van der Waals surface area contributed by atoms with Gasteiger partial charge in [-0.1, -0.05) is 147 Å². The van der Waals surface area contributed by atoms with Crippen LogP contribution in [0.5, 0.6) is 0 Å². The molecular weight excluding hydrogens is 931 g/mol. The minimum Gasteiger partial charge on any atom is -0.445 e. The lowest BCUT2D eigenvalue weighted by Gasteiger charge is -2.40. The van der Waals surface area contributed by atoms with E-state index in [0.717, 1.165) is 31.2 Å². The van der Waals surface area contributed by atoms with Crippen LogP contribution in [0.4, 0.5) is 20.1 Å². The first kappa shape index (κ1) is 61.4. The van der Waals surface area contributed by atoms with Gasteiger partial charge in [0.1, 0.15) is 37.6 Å². The lowest BCUT2D eigenvalue weighted by molar-refractivity contribution is -0.303. The molecular formula is C53H85N5O14. The Hall–Kier alpha value is -4.89. The maximum absolute atomic E-state index is 13.7. The van der Waals surface area contributed by atoms with Gasteiger partial charge in [-0.3, -0.25) is 9.59 Å². The number of nitrogens with one attached hydrogen (secondary N) is 4. The average molecular weight is 1020 g/mol. The topological polar surface area (TPSA) is 298 Å². The number of carbonyl (C=O) groups excluding carboxylic acids is 5. The molecule has 1 saturated heterocycles. The largest absolute Gasteiger partial charge is 0.445 e. The predicted octanol–water partition coefficient (Wildman–Crippen LogP) is 6.10. The number of unbranched alkanes of at least 4 members (excludes halogenated alkanes) is 11. The zero-order valence-corrected chi connectivity index (χ0v) is 42.9. The third-order valence-corrected chi connectivity index (χ3v) is 13.0. The van der Waals surface area contributed by atoms with Crippen molar-refractivity contribution in [3.05, 3.63) is 65.7 Å². The molecule has 19 nitrogen and oxygen atoms in total. The van der Waals surface area contributed by atoms with Gasteiger partial charge in [0.2, 0.25) is 5.91 Å². The molecule has 10 atom stereocenters. The Kier molecular flexibility index (Phi) is 29.4. The van der Waals surface area contributed by atoms with E-state index in [-0.39, 0.29) is 56.8 Å². The number of rotatable bonds is 35. The van der Waals surface area contributed by atoms with Gasteiger partial charge < -0.3 is 71.5 Å². The molecule has 19 heteroatoms. The van der Waals surface area contributed by atoms with Gasteiger partial charge in [0.15, 0.2) is 12.1 Å². The highest BCUT2D eigenvalue weighted by Crippen LogP contribution is 2.25. The van der Waals surface area contributed by atoms with Crippen molar-refractivity contribution in [2.45, 2.75) is 193 Å². The molecule has 0 spiro atoms. The first-order valence-electron chi connectivity index (χ1n) is 26.0. The zero-order valence-electron chi connectivity index (χ0n) is 42.9. The molecule has 1 heterocycles. The van der Waals surface area contributed by atoms with Crippen molar-refractivity contribution in [3.63, 3.8) is 0 Å². The molecule has 72 heavy (non-hydrogen) atoms. The van der Waals surface area contributed by atoms with E-state index in [4.69, 9.17) is 24.7 Å². The maximum atomic E-state index is 13.7. The summed E-state index contributed by atoms with van der Waals surface area (Å²) in [6, 6.07) is 12.8. The van der Waals surface area contributed by atoms with Crippen LogP contribution in [0, 0.1) is 17.8 Å². The van der Waals surface area contributed by atoms with E-state index >= 15 is 0 Å². The van der Waals surface area contributed by atoms with Crippen molar-refractivity contribution in [3.8, 4) is 0 Å². The van der Waals surface area contributed by atoms with Gasteiger partial charge in [0, 0.05) is 24.6 Å². The second-order valence-corrected chi connectivity index (χ2v) is 19.4. The number of benzene rings is 2. The number of amides is 5. The zero-order chi connectivity index (χ0) is 52.8. The Morgan fingerprint density at radius 1 is 0.708 bits per heavy atom. The Labute approximate surface area is 425 Å². The lowest BCUT2D eigenvalue weighted by atomic mass is 9.89. The number of urea groups is 1. The summed E-state index contributed by atoms with van der Waals surface area (Å²) in [6.07, 6.45) is 4.88. The average Bonchev–Trinajstić information content (AvgIpc) is 3.36. The van der Waals surface area contributed by atoms with Crippen LogP contribution in [0.1, 0.15) is 142 Å². The molecule has 2 aromatic carbocycles. The normalized spacial score (nSPS) is 19.8. The molecule has 0 saturated carbocycles. The number of Topliss-reactive ketones (excluding diaryl/α,β-unsaturated/α-hetero) is 1. The molecule has 406 valence electrons. The molecule has 0 bridgehead atoms. The highest BCUT2D eigenvalue weighted by atomic mass is 16.7. The van der Waals surface area contributed by atoms with Gasteiger partial charge in [-0.15, -0.1) is 0 Å². The first-order chi connectivity index (χ1) is 34.5. The lowest BCUT2D eigenvalue weighted by Crippen LogP contribution is -2.60. The summed E-state index contributed by atoms with van der Waals surface area (Å²) in [5.74, 6) is -2.30. The SMILES string of the molecule is CCCCCCCCCCCCCC[C@@H](C)[C@@H](O)[C@H](CO[C@H]1OC(CO)[C@H](O)[C@H](O)C1O)NC(=O)OCc1ccc(NC(=O)[C@H](CCCNC(N)=O)CC(=O)[C@@H](NC(=O)OCc2ccccc2)C(C)C)cc1. The summed E-state index contributed by atoms with van der Waals surface area (Å²) < 4.78 is 22.1. The monoisotopic (exact) mass is 1020 g/mol. The number of aliphatic hydroxyl groups is 5. The van der Waals surface area contributed by atoms with Crippen LogP contribution in [0.3, 0.4) is 0 Å².